The molecule has 0 spiro atoms. The van der Waals surface area contributed by atoms with Gasteiger partial charge in [-0.05, 0) is 17.8 Å². The monoisotopic (exact) mass is 124 g/mol. The van der Waals surface area contributed by atoms with E-state index < -0.39 is 0 Å². The molecule has 3 saturated carbocycles. The number of carbonyl (C=O) groups is 1. The summed E-state index contributed by atoms with van der Waals surface area (Å²) in [6, 6.07) is 0. The smallest absolute Gasteiger partial charge is 0.136 e. The van der Waals surface area contributed by atoms with Crippen molar-refractivity contribution in [1.82, 2.24) is 0 Å². The summed E-state index contributed by atoms with van der Waals surface area (Å²) in [4.78, 5) is 11.0. The minimum atomic E-state index is 0.372. The van der Waals surface area contributed by atoms with Crippen molar-refractivity contribution >= 4 is 5.78 Å². The highest BCUT2D eigenvalue weighted by molar-refractivity contribution is 5.87. The lowest BCUT2D eigenvalue weighted by molar-refractivity contribution is -0.122. The molecule has 0 aromatic heterocycles. The normalized spacial score (nSPS) is 44.9. The first-order valence-electron chi connectivity index (χ1n) is 3.65. The predicted molar refractivity (Wildman–Crippen MR) is 35.0 cm³/mol. The van der Waals surface area contributed by atoms with Crippen molar-refractivity contribution in [2.45, 2.75) is 26.7 Å². The topological polar surface area (TPSA) is 17.1 Å². The van der Waals surface area contributed by atoms with Gasteiger partial charge in [-0.3, -0.25) is 4.79 Å². The van der Waals surface area contributed by atoms with Gasteiger partial charge in [-0.25, -0.2) is 0 Å². The maximum absolute atomic E-state index is 11.0. The maximum atomic E-state index is 11.0. The summed E-state index contributed by atoms with van der Waals surface area (Å²) >= 11 is 0. The highest BCUT2D eigenvalue weighted by Gasteiger charge is 2.57. The summed E-state index contributed by atoms with van der Waals surface area (Å²) in [5.74, 6) is 1.68. The fraction of sp³-hybridized carbons (Fsp3) is 0.875. The van der Waals surface area contributed by atoms with E-state index in [1.54, 1.807) is 0 Å². The number of hydrogen-bond acceptors (Lipinski definition) is 1. The second-order valence-electron chi connectivity index (χ2n) is 3.98. The molecule has 0 aliphatic heterocycles. The van der Waals surface area contributed by atoms with Crippen LogP contribution in [0.4, 0.5) is 0 Å². The van der Waals surface area contributed by atoms with Crippen LogP contribution >= 0.6 is 0 Å². The van der Waals surface area contributed by atoms with Crippen LogP contribution in [0.5, 0.6) is 0 Å². The van der Waals surface area contributed by atoms with E-state index in [2.05, 4.69) is 13.8 Å². The largest absolute Gasteiger partial charge is 0.299 e. The molecule has 3 rings (SSSR count). The van der Waals surface area contributed by atoms with Crippen LogP contribution < -0.4 is 0 Å². The lowest BCUT2D eigenvalue weighted by atomic mass is 9.61. The van der Waals surface area contributed by atoms with E-state index in [4.69, 9.17) is 0 Å². The minimum Gasteiger partial charge on any atom is -0.299 e. The maximum Gasteiger partial charge on any atom is 0.136 e. The standard InChI is InChI=1S/C8H12O/c1-8(2)5-3-6(8)7(9)4-5/h5-6H,3-4H2,1-2H3. The van der Waals surface area contributed by atoms with E-state index in [1.807, 2.05) is 0 Å². The zero-order valence-corrected chi connectivity index (χ0v) is 5.98. The molecule has 3 aliphatic carbocycles. The third-order valence-electron chi connectivity index (χ3n) is 3.31. The molecule has 0 N–H and O–H groups in total. The van der Waals surface area contributed by atoms with E-state index in [-0.39, 0.29) is 0 Å². The van der Waals surface area contributed by atoms with Gasteiger partial charge in [0.25, 0.3) is 0 Å². The summed E-state index contributed by atoms with van der Waals surface area (Å²) in [7, 11) is 0. The van der Waals surface area contributed by atoms with Crippen molar-refractivity contribution in [3.8, 4) is 0 Å². The van der Waals surface area contributed by atoms with E-state index in [9.17, 15) is 4.79 Å². The highest BCUT2D eigenvalue weighted by Crippen LogP contribution is 2.59. The van der Waals surface area contributed by atoms with Crippen LogP contribution in [0, 0.1) is 17.3 Å². The Bertz CT molecular complexity index is 169. The van der Waals surface area contributed by atoms with E-state index in [0.717, 1.165) is 12.3 Å². The van der Waals surface area contributed by atoms with Gasteiger partial charge >= 0.3 is 0 Å². The summed E-state index contributed by atoms with van der Waals surface area (Å²) < 4.78 is 0. The van der Waals surface area contributed by atoms with Crippen LogP contribution in [0.15, 0.2) is 0 Å². The zero-order valence-electron chi connectivity index (χ0n) is 5.98. The van der Waals surface area contributed by atoms with Crippen molar-refractivity contribution in [2.75, 3.05) is 0 Å². The first-order chi connectivity index (χ1) is 4.12. The highest BCUT2D eigenvalue weighted by atomic mass is 16.1. The van der Waals surface area contributed by atoms with Crippen molar-refractivity contribution in [2.24, 2.45) is 17.3 Å². The van der Waals surface area contributed by atoms with Gasteiger partial charge in [0, 0.05) is 12.3 Å². The molecule has 2 unspecified atom stereocenters. The van der Waals surface area contributed by atoms with Gasteiger partial charge in [-0.1, -0.05) is 13.8 Å². The minimum absolute atomic E-state index is 0.372. The molecule has 0 saturated heterocycles. The summed E-state index contributed by atoms with van der Waals surface area (Å²) in [6.45, 7) is 4.44. The van der Waals surface area contributed by atoms with Crippen molar-refractivity contribution < 1.29 is 4.79 Å². The Labute approximate surface area is 55.4 Å². The SMILES string of the molecule is CC1(C)C2CC(=O)C1C2. The predicted octanol–water partition coefficient (Wildman–Crippen LogP) is 1.62. The quantitative estimate of drug-likeness (QED) is 0.479. The zero-order chi connectivity index (χ0) is 6.65. The Morgan fingerprint density at radius 1 is 1.56 bits per heavy atom. The molecule has 1 nitrogen and oxygen atoms in total. The van der Waals surface area contributed by atoms with Crippen LogP contribution in [-0.4, -0.2) is 5.78 Å². The third-order valence-corrected chi connectivity index (χ3v) is 3.31. The fourth-order valence-electron chi connectivity index (χ4n) is 2.29. The van der Waals surface area contributed by atoms with E-state index >= 15 is 0 Å². The molecule has 0 amide bonds. The molecule has 2 bridgehead atoms. The number of hydrogen-bond donors (Lipinski definition) is 0. The Balaban J connectivity index is 2.31. The van der Waals surface area contributed by atoms with Gasteiger partial charge < -0.3 is 0 Å². The molecule has 1 heteroatoms. The molecule has 0 aromatic carbocycles. The molecule has 0 radical (unpaired) electrons. The number of Topliss-reactive ketones (excluding diaryl/α,β-unsaturated/α-hetero) is 1. The number of rotatable bonds is 0. The molecular weight excluding hydrogens is 112 g/mol. The van der Waals surface area contributed by atoms with Crippen molar-refractivity contribution in [3.05, 3.63) is 0 Å². The molecule has 9 heavy (non-hydrogen) atoms. The Kier molecular flexibility index (Phi) is 0.744. The molecule has 3 fully saturated rings. The van der Waals surface area contributed by atoms with Gasteiger partial charge in [0.1, 0.15) is 5.78 Å². The number of carbonyl (C=O) groups excluding carboxylic acids is 1. The van der Waals surface area contributed by atoms with E-state index in [1.165, 1.54) is 6.42 Å². The Morgan fingerprint density at radius 2 is 2.22 bits per heavy atom. The van der Waals surface area contributed by atoms with Gasteiger partial charge in [0.2, 0.25) is 0 Å². The summed E-state index contributed by atoms with van der Waals surface area (Å²) in [5.41, 5.74) is 0.372. The number of fused-ring (bicyclic) bond motifs is 1. The van der Waals surface area contributed by atoms with Crippen LogP contribution in [0.3, 0.4) is 0 Å². The molecule has 0 heterocycles. The lowest BCUT2D eigenvalue weighted by Crippen LogP contribution is -2.38. The lowest BCUT2D eigenvalue weighted by Gasteiger charge is -2.42. The fourth-order valence-corrected chi connectivity index (χ4v) is 2.29. The first kappa shape index (κ1) is 5.45. The average Bonchev–Trinajstić information content (AvgIpc) is 2.20. The Hall–Kier alpha value is -0.330. The second-order valence-corrected chi connectivity index (χ2v) is 3.98. The van der Waals surface area contributed by atoms with Gasteiger partial charge in [-0.15, -0.1) is 0 Å². The third kappa shape index (κ3) is 0.440. The second kappa shape index (κ2) is 1.23. The van der Waals surface area contributed by atoms with Crippen LogP contribution in [0.25, 0.3) is 0 Å². The molecular formula is C8H12O. The molecule has 3 aliphatic rings. The van der Waals surface area contributed by atoms with Crippen molar-refractivity contribution in [3.63, 3.8) is 0 Å². The summed E-state index contributed by atoms with van der Waals surface area (Å²) in [6.07, 6.45) is 2.06. The Morgan fingerprint density at radius 3 is 2.33 bits per heavy atom. The van der Waals surface area contributed by atoms with Gasteiger partial charge in [0.05, 0.1) is 0 Å². The molecule has 0 aromatic rings. The molecule has 2 atom stereocenters. The van der Waals surface area contributed by atoms with E-state index in [0.29, 0.717) is 17.1 Å². The van der Waals surface area contributed by atoms with Gasteiger partial charge in [-0.2, -0.15) is 0 Å². The molecule has 50 valence electrons. The van der Waals surface area contributed by atoms with Crippen molar-refractivity contribution in [1.29, 1.82) is 0 Å². The van der Waals surface area contributed by atoms with Crippen LogP contribution in [0.1, 0.15) is 26.7 Å². The summed E-state index contributed by atoms with van der Waals surface area (Å²) in [5, 5.41) is 0. The van der Waals surface area contributed by atoms with Crippen LogP contribution in [0.2, 0.25) is 0 Å². The first-order valence-corrected chi connectivity index (χ1v) is 3.65. The number of ketones is 1. The van der Waals surface area contributed by atoms with Gasteiger partial charge in [0.15, 0.2) is 0 Å². The average molecular weight is 124 g/mol. The van der Waals surface area contributed by atoms with Crippen LogP contribution in [-0.2, 0) is 4.79 Å².